The third kappa shape index (κ3) is 2.66. The van der Waals surface area contributed by atoms with Gasteiger partial charge in [-0.15, -0.1) is 0 Å². The number of rotatable bonds is 3. The molecular weight excluding hydrogens is 318 g/mol. The molecule has 0 aliphatic rings. The lowest BCUT2D eigenvalue weighted by Gasteiger charge is -2.09. The maximum Gasteiger partial charge on any atom is 0.197 e. The molecule has 0 fully saturated rings. The molecule has 0 spiro atoms. The van der Waals surface area contributed by atoms with Crippen molar-refractivity contribution < 1.29 is 18.3 Å². The number of carbonyl (C=O) groups is 1. The molecule has 0 aromatic heterocycles. The fourth-order valence-electron chi connectivity index (χ4n) is 1.64. The highest BCUT2D eigenvalue weighted by molar-refractivity contribution is 9.10. The minimum Gasteiger partial charge on any atom is -0.494 e. The van der Waals surface area contributed by atoms with Crippen molar-refractivity contribution in [1.29, 1.82) is 0 Å². The second-order valence-electron chi connectivity index (χ2n) is 3.77. The highest BCUT2D eigenvalue weighted by Gasteiger charge is 2.20. The molecule has 0 aliphatic carbocycles. The molecule has 2 nitrogen and oxygen atoms in total. The van der Waals surface area contributed by atoms with Crippen LogP contribution in [0.25, 0.3) is 0 Å². The molecule has 2 aromatic carbocycles. The van der Waals surface area contributed by atoms with E-state index in [-0.39, 0.29) is 16.9 Å². The Bertz CT molecular complexity index is 624. The van der Waals surface area contributed by atoms with Gasteiger partial charge in [-0.1, -0.05) is 0 Å². The Hall–Kier alpha value is -1.75. The number of ketones is 1. The summed E-state index contributed by atoms with van der Waals surface area (Å²) >= 11 is 3.13. The molecule has 0 aliphatic heterocycles. The van der Waals surface area contributed by atoms with Gasteiger partial charge in [-0.25, -0.2) is 8.78 Å². The number of hydrogen-bond donors (Lipinski definition) is 0. The first-order valence-corrected chi connectivity index (χ1v) is 6.16. The number of halogens is 3. The van der Waals surface area contributed by atoms with Gasteiger partial charge in [-0.2, -0.15) is 0 Å². The van der Waals surface area contributed by atoms with E-state index in [2.05, 4.69) is 15.9 Å². The van der Waals surface area contributed by atoms with Crippen LogP contribution >= 0.6 is 15.9 Å². The summed E-state index contributed by atoms with van der Waals surface area (Å²) in [6.07, 6.45) is 0. The molecule has 5 heteroatoms. The molecule has 2 aromatic rings. The summed E-state index contributed by atoms with van der Waals surface area (Å²) in [6.45, 7) is 0. The zero-order valence-electron chi connectivity index (χ0n) is 9.91. The van der Waals surface area contributed by atoms with Crippen LogP contribution in [-0.4, -0.2) is 12.9 Å². The highest BCUT2D eigenvalue weighted by atomic mass is 79.9. The molecule has 0 bridgehead atoms. The molecule has 19 heavy (non-hydrogen) atoms. The van der Waals surface area contributed by atoms with Crippen molar-refractivity contribution in [3.8, 4) is 5.75 Å². The van der Waals surface area contributed by atoms with E-state index in [9.17, 15) is 13.6 Å². The van der Waals surface area contributed by atoms with Crippen LogP contribution in [0.1, 0.15) is 15.9 Å². The lowest BCUT2D eigenvalue weighted by molar-refractivity contribution is 0.103. The lowest BCUT2D eigenvalue weighted by atomic mass is 10.0. The van der Waals surface area contributed by atoms with Crippen molar-refractivity contribution in [3.05, 3.63) is 63.6 Å². The van der Waals surface area contributed by atoms with E-state index in [1.807, 2.05) is 0 Å². The van der Waals surface area contributed by atoms with Crippen LogP contribution in [-0.2, 0) is 0 Å². The first kappa shape index (κ1) is 13.7. The summed E-state index contributed by atoms with van der Waals surface area (Å²) in [5.41, 5.74) is 0.0696. The number of hydrogen-bond acceptors (Lipinski definition) is 2. The average Bonchev–Trinajstić information content (AvgIpc) is 2.39. The second kappa shape index (κ2) is 5.48. The van der Waals surface area contributed by atoms with Crippen LogP contribution < -0.4 is 4.74 Å². The Morgan fingerprint density at radius 3 is 2.32 bits per heavy atom. The zero-order chi connectivity index (χ0) is 14.0. The first-order chi connectivity index (χ1) is 9.04. The van der Waals surface area contributed by atoms with Gasteiger partial charge in [0.2, 0.25) is 0 Å². The van der Waals surface area contributed by atoms with E-state index in [4.69, 9.17) is 4.74 Å². The summed E-state index contributed by atoms with van der Waals surface area (Å²) in [4.78, 5) is 12.2. The van der Waals surface area contributed by atoms with E-state index < -0.39 is 17.4 Å². The zero-order valence-corrected chi connectivity index (χ0v) is 11.5. The lowest BCUT2D eigenvalue weighted by Crippen LogP contribution is -2.07. The normalized spacial score (nSPS) is 10.3. The van der Waals surface area contributed by atoms with Gasteiger partial charge in [-0.3, -0.25) is 4.79 Å². The van der Waals surface area contributed by atoms with E-state index in [0.29, 0.717) is 4.47 Å². The van der Waals surface area contributed by atoms with E-state index in [0.717, 1.165) is 12.1 Å². The van der Waals surface area contributed by atoms with Gasteiger partial charge in [0, 0.05) is 10.0 Å². The fraction of sp³-hybridized carbons (Fsp3) is 0.0714. The van der Waals surface area contributed by atoms with Gasteiger partial charge in [-0.05, 0) is 52.3 Å². The fourth-order valence-corrected chi connectivity index (χ4v) is 2.13. The molecular formula is C14H9BrF2O2. The van der Waals surface area contributed by atoms with Crippen molar-refractivity contribution in [3.63, 3.8) is 0 Å². The minimum atomic E-state index is -0.744. The summed E-state index contributed by atoms with van der Waals surface area (Å²) < 4.78 is 32.1. The van der Waals surface area contributed by atoms with Crippen molar-refractivity contribution in [2.75, 3.05) is 7.11 Å². The molecule has 0 atom stereocenters. The molecule has 0 radical (unpaired) electrons. The Morgan fingerprint density at radius 2 is 1.74 bits per heavy atom. The van der Waals surface area contributed by atoms with Crippen molar-refractivity contribution in [2.45, 2.75) is 0 Å². The quantitative estimate of drug-likeness (QED) is 0.798. The standard InChI is InChI=1S/C14H9BrF2O2/c1-19-11-7-6-10(15)12(13(11)17)14(18)8-2-4-9(16)5-3-8/h2-7H,1H3. The van der Waals surface area contributed by atoms with Crippen LogP contribution in [0.5, 0.6) is 5.75 Å². The number of ether oxygens (including phenoxy) is 1. The van der Waals surface area contributed by atoms with Crippen LogP contribution in [0.15, 0.2) is 40.9 Å². The van der Waals surface area contributed by atoms with E-state index >= 15 is 0 Å². The minimum absolute atomic E-state index is 0.0198. The third-order valence-corrected chi connectivity index (χ3v) is 3.27. The maximum atomic E-state index is 14.1. The van der Waals surface area contributed by atoms with Crippen LogP contribution in [0.3, 0.4) is 0 Å². The molecule has 0 saturated heterocycles. The summed E-state index contributed by atoms with van der Waals surface area (Å²) in [6, 6.07) is 7.87. The Labute approximate surface area is 117 Å². The largest absolute Gasteiger partial charge is 0.494 e. The molecule has 0 unspecified atom stereocenters. The van der Waals surface area contributed by atoms with Gasteiger partial charge in [0.25, 0.3) is 0 Å². The smallest absolute Gasteiger partial charge is 0.197 e. The van der Waals surface area contributed by atoms with Gasteiger partial charge in [0.05, 0.1) is 12.7 Å². The van der Waals surface area contributed by atoms with Gasteiger partial charge in [0.15, 0.2) is 17.3 Å². The number of carbonyl (C=O) groups excluding carboxylic acids is 1. The van der Waals surface area contributed by atoms with E-state index in [1.54, 1.807) is 0 Å². The van der Waals surface area contributed by atoms with Gasteiger partial charge >= 0.3 is 0 Å². The monoisotopic (exact) mass is 326 g/mol. The van der Waals surface area contributed by atoms with Gasteiger partial charge < -0.3 is 4.74 Å². The molecule has 0 saturated carbocycles. The molecule has 2 rings (SSSR count). The van der Waals surface area contributed by atoms with Gasteiger partial charge in [0.1, 0.15) is 5.82 Å². The Balaban J connectivity index is 2.52. The van der Waals surface area contributed by atoms with Crippen LogP contribution in [0.4, 0.5) is 8.78 Å². The number of benzene rings is 2. The Kier molecular flexibility index (Phi) is 3.95. The predicted molar refractivity (Wildman–Crippen MR) is 70.5 cm³/mol. The maximum absolute atomic E-state index is 14.1. The van der Waals surface area contributed by atoms with Crippen molar-refractivity contribution in [2.24, 2.45) is 0 Å². The van der Waals surface area contributed by atoms with Crippen molar-refractivity contribution >= 4 is 21.7 Å². The second-order valence-corrected chi connectivity index (χ2v) is 4.63. The SMILES string of the molecule is COc1ccc(Br)c(C(=O)c2ccc(F)cc2)c1F. The Morgan fingerprint density at radius 1 is 1.11 bits per heavy atom. The predicted octanol–water partition coefficient (Wildman–Crippen LogP) is 3.97. The number of methoxy groups -OCH3 is 1. The first-order valence-electron chi connectivity index (χ1n) is 5.37. The summed E-state index contributed by atoms with van der Waals surface area (Å²) in [7, 11) is 1.32. The van der Waals surface area contributed by atoms with Crippen LogP contribution in [0.2, 0.25) is 0 Å². The topological polar surface area (TPSA) is 26.3 Å². The molecule has 0 heterocycles. The molecule has 98 valence electrons. The van der Waals surface area contributed by atoms with Crippen LogP contribution in [0, 0.1) is 11.6 Å². The molecule has 0 amide bonds. The summed E-state index contributed by atoms with van der Waals surface area (Å²) in [5, 5.41) is 0. The highest BCUT2D eigenvalue weighted by Crippen LogP contribution is 2.29. The van der Waals surface area contributed by atoms with E-state index in [1.165, 1.54) is 31.4 Å². The third-order valence-electron chi connectivity index (χ3n) is 2.61. The average molecular weight is 327 g/mol. The molecule has 0 N–H and O–H groups in total. The van der Waals surface area contributed by atoms with Crippen molar-refractivity contribution in [1.82, 2.24) is 0 Å². The summed E-state index contributed by atoms with van der Waals surface area (Å²) in [5.74, 6) is -1.76.